The topological polar surface area (TPSA) is 78.5 Å². The summed E-state index contributed by atoms with van der Waals surface area (Å²) in [4.78, 5) is 38.5. The highest BCUT2D eigenvalue weighted by molar-refractivity contribution is 6.04. The summed E-state index contributed by atoms with van der Waals surface area (Å²) in [5, 5.41) is 5.49. The minimum Gasteiger partial charge on any atom is -0.342 e. The monoisotopic (exact) mass is 397 g/mol. The third kappa shape index (κ3) is 5.40. The number of hydrogen-bond donors (Lipinski definition) is 2. The standard InChI is InChI=1S/C22H24FN3O3/c1-2-3-12-26-14-16(13-20(26)27)22(29)25-18-8-4-15(5-9-18)21(28)24-19-10-6-17(23)7-11-19/h4-11,16H,2-3,12-14H2,1H3,(H,24,28)(H,25,29)/t16-/m0/s1. The maximum atomic E-state index is 12.9. The van der Waals surface area contributed by atoms with Gasteiger partial charge in [-0.25, -0.2) is 4.39 Å². The molecule has 0 aromatic heterocycles. The summed E-state index contributed by atoms with van der Waals surface area (Å²) in [7, 11) is 0. The maximum Gasteiger partial charge on any atom is 0.255 e. The van der Waals surface area contributed by atoms with E-state index in [4.69, 9.17) is 0 Å². The highest BCUT2D eigenvalue weighted by atomic mass is 19.1. The number of unbranched alkanes of at least 4 members (excludes halogenated alkanes) is 1. The Hall–Kier alpha value is -3.22. The molecule has 0 unspecified atom stereocenters. The van der Waals surface area contributed by atoms with Crippen molar-refractivity contribution < 1.29 is 18.8 Å². The first-order valence-electron chi connectivity index (χ1n) is 9.72. The van der Waals surface area contributed by atoms with Gasteiger partial charge in [0.2, 0.25) is 11.8 Å². The van der Waals surface area contributed by atoms with Crippen molar-refractivity contribution in [3.05, 3.63) is 59.9 Å². The quantitative estimate of drug-likeness (QED) is 0.748. The number of nitrogens with zero attached hydrogens (tertiary/aromatic N) is 1. The second-order valence-corrected chi connectivity index (χ2v) is 7.12. The first kappa shape index (κ1) is 20.5. The fraction of sp³-hybridized carbons (Fsp3) is 0.318. The van der Waals surface area contributed by atoms with Crippen LogP contribution in [-0.2, 0) is 9.59 Å². The zero-order valence-electron chi connectivity index (χ0n) is 16.3. The largest absolute Gasteiger partial charge is 0.342 e. The van der Waals surface area contributed by atoms with Gasteiger partial charge < -0.3 is 15.5 Å². The number of carbonyl (C=O) groups excluding carboxylic acids is 3. The van der Waals surface area contributed by atoms with Crippen LogP contribution in [0.1, 0.15) is 36.5 Å². The predicted molar refractivity (Wildman–Crippen MR) is 109 cm³/mol. The minimum absolute atomic E-state index is 0.0198. The van der Waals surface area contributed by atoms with Crippen LogP contribution in [0.5, 0.6) is 0 Å². The van der Waals surface area contributed by atoms with Gasteiger partial charge in [0.15, 0.2) is 0 Å². The number of rotatable bonds is 7. The molecule has 1 aliphatic rings. The molecule has 0 saturated carbocycles. The van der Waals surface area contributed by atoms with Crippen LogP contribution in [0, 0.1) is 11.7 Å². The maximum absolute atomic E-state index is 12.9. The van der Waals surface area contributed by atoms with Crippen LogP contribution in [0.2, 0.25) is 0 Å². The fourth-order valence-electron chi connectivity index (χ4n) is 3.20. The van der Waals surface area contributed by atoms with Crippen molar-refractivity contribution >= 4 is 29.1 Å². The van der Waals surface area contributed by atoms with Crippen molar-refractivity contribution in [2.45, 2.75) is 26.2 Å². The zero-order valence-corrected chi connectivity index (χ0v) is 16.3. The smallest absolute Gasteiger partial charge is 0.255 e. The first-order chi connectivity index (χ1) is 14.0. The fourth-order valence-corrected chi connectivity index (χ4v) is 3.20. The third-order valence-corrected chi connectivity index (χ3v) is 4.88. The van der Waals surface area contributed by atoms with Gasteiger partial charge in [0, 0.05) is 36.4 Å². The zero-order chi connectivity index (χ0) is 20.8. The predicted octanol–water partition coefficient (Wildman–Crippen LogP) is 3.67. The van der Waals surface area contributed by atoms with Crippen LogP contribution < -0.4 is 10.6 Å². The van der Waals surface area contributed by atoms with E-state index in [1.165, 1.54) is 24.3 Å². The molecule has 3 rings (SSSR count). The van der Waals surface area contributed by atoms with E-state index in [9.17, 15) is 18.8 Å². The van der Waals surface area contributed by atoms with E-state index in [-0.39, 0.29) is 35.9 Å². The molecule has 3 amide bonds. The Balaban J connectivity index is 1.55. The molecule has 2 aromatic carbocycles. The van der Waals surface area contributed by atoms with E-state index in [0.717, 1.165) is 12.8 Å². The van der Waals surface area contributed by atoms with Gasteiger partial charge in [-0.15, -0.1) is 0 Å². The van der Waals surface area contributed by atoms with Crippen LogP contribution in [0.4, 0.5) is 15.8 Å². The Labute approximate surface area is 169 Å². The summed E-state index contributed by atoms with van der Waals surface area (Å²) < 4.78 is 12.9. The summed E-state index contributed by atoms with van der Waals surface area (Å²) in [5.41, 5.74) is 1.47. The molecule has 6 nitrogen and oxygen atoms in total. The molecule has 1 atom stereocenters. The van der Waals surface area contributed by atoms with Crippen molar-refractivity contribution in [1.82, 2.24) is 4.90 Å². The van der Waals surface area contributed by atoms with Crippen LogP contribution >= 0.6 is 0 Å². The normalized spacial score (nSPS) is 16.0. The molecular weight excluding hydrogens is 373 g/mol. The molecule has 1 heterocycles. The Bertz CT molecular complexity index is 881. The lowest BCUT2D eigenvalue weighted by molar-refractivity contribution is -0.128. The Kier molecular flexibility index (Phi) is 6.59. The molecule has 1 fully saturated rings. The number of carbonyl (C=O) groups is 3. The summed E-state index contributed by atoms with van der Waals surface area (Å²) >= 11 is 0. The lowest BCUT2D eigenvalue weighted by atomic mass is 10.1. The molecule has 0 aliphatic carbocycles. The van der Waals surface area contributed by atoms with Gasteiger partial charge >= 0.3 is 0 Å². The van der Waals surface area contributed by atoms with E-state index < -0.39 is 0 Å². The third-order valence-electron chi connectivity index (χ3n) is 4.88. The number of likely N-dealkylation sites (tertiary alicyclic amines) is 1. The van der Waals surface area contributed by atoms with Crippen molar-refractivity contribution in [1.29, 1.82) is 0 Å². The van der Waals surface area contributed by atoms with Crippen LogP contribution in [0.3, 0.4) is 0 Å². The molecule has 2 N–H and O–H groups in total. The van der Waals surface area contributed by atoms with Crippen LogP contribution in [0.25, 0.3) is 0 Å². The number of hydrogen-bond acceptors (Lipinski definition) is 3. The van der Waals surface area contributed by atoms with Gasteiger partial charge in [-0.3, -0.25) is 14.4 Å². The molecule has 1 aliphatic heterocycles. The summed E-state index contributed by atoms with van der Waals surface area (Å²) in [6.07, 6.45) is 2.16. The number of nitrogens with one attached hydrogen (secondary N) is 2. The molecule has 0 radical (unpaired) electrons. The van der Waals surface area contributed by atoms with E-state index in [2.05, 4.69) is 17.6 Å². The molecular formula is C22H24FN3O3. The van der Waals surface area contributed by atoms with E-state index >= 15 is 0 Å². The number of amides is 3. The number of benzene rings is 2. The van der Waals surface area contributed by atoms with Gasteiger partial charge in [-0.2, -0.15) is 0 Å². The second-order valence-electron chi connectivity index (χ2n) is 7.12. The highest BCUT2D eigenvalue weighted by Crippen LogP contribution is 2.21. The average molecular weight is 397 g/mol. The van der Waals surface area contributed by atoms with Crippen molar-refractivity contribution in [2.24, 2.45) is 5.92 Å². The van der Waals surface area contributed by atoms with Gasteiger partial charge in [0.05, 0.1) is 5.92 Å². The van der Waals surface area contributed by atoms with Crippen molar-refractivity contribution in [3.63, 3.8) is 0 Å². The second kappa shape index (κ2) is 9.32. The molecule has 2 aromatic rings. The summed E-state index contributed by atoms with van der Waals surface area (Å²) in [6.45, 7) is 3.20. The Morgan fingerprint density at radius 1 is 1.03 bits per heavy atom. The average Bonchev–Trinajstić information content (AvgIpc) is 3.09. The van der Waals surface area contributed by atoms with E-state index in [0.29, 0.717) is 30.0 Å². The number of halogens is 1. The van der Waals surface area contributed by atoms with Crippen LogP contribution in [0.15, 0.2) is 48.5 Å². The Morgan fingerprint density at radius 3 is 2.31 bits per heavy atom. The summed E-state index contributed by atoms with van der Waals surface area (Å²) in [5.74, 6) is -1.24. The molecule has 29 heavy (non-hydrogen) atoms. The van der Waals surface area contributed by atoms with Gasteiger partial charge in [-0.05, 0) is 55.0 Å². The van der Waals surface area contributed by atoms with Crippen LogP contribution in [-0.4, -0.2) is 35.7 Å². The molecule has 152 valence electrons. The Morgan fingerprint density at radius 2 is 1.66 bits per heavy atom. The molecule has 0 bridgehead atoms. The van der Waals surface area contributed by atoms with E-state index in [1.807, 2.05) is 0 Å². The SMILES string of the molecule is CCCCN1C[C@@H](C(=O)Nc2ccc(C(=O)Nc3ccc(F)cc3)cc2)CC1=O. The number of anilines is 2. The lowest BCUT2D eigenvalue weighted by Crippen LogP contribution is -2.29. The van der Waals surface area contributed by atoms with E-state index in [1.54, 1.807) is 29.2 Å². The minimum atomic E-state index is -0.374. The van der Waals surface area contributed by atoms with Gasteiger partial charge in [-0.1, -0.05) is 13.3 Å². The van der Waals surface area contributed by atoms with Crippen molar-refractivity contribution in [2.75, 3.05) is 23.7 Å². The highest BCUT2D eigenvalue weighted by Gasteiger charge is 2.33. The summed E-state index contributed by atoms with van der Waals surface area (Å²) in [6, 6.07) is 12.0. The van der Waals surface area contributed by atoms with Gasteiger partial charge in [0.25, 0.3) is 5.91 Å². The molecule has 1 saturated heterocycles. The molecule has 7 heteroatoms. The molecule has 0 spiro atoms. The lowest BCUT2D eigenvalue weighted by Gasteiger charge is -2.16. The first-order valence-corrected chi connectivity index (χ1v) is 9.72. The van der Waals surface area contributed by atoms with Crippen molar-refractivity contribution in [3.8, 4) is 0 Å². The van der Waals surface area contributed by atoms with Gasteiger partial charge in [0.1, 0.15) is 5.82 Å².